The number of methoxy groups -OCH3 is 1. The maximum absolute atomic E-state index is 14.0. The molecule has 0 aliphatic heterocycles. The van der Waals surface area contributed by atoms with Crippen molar-refractivity contribution in [2.24, 2.45) is 0 Å². The van der Waals surface area contributed by atoms with Crippen molar-refractivity contribution in [3.63, 3.8) is 0 Å². The first-order chi connectivity index (χ1) is 9.74. The van der Waals surface area contributed by atoms with Crippen molar-refractivity contribution in [1.29, 1.82) is 0 Å². The second-order valence-electron chi connectivity index (χ2n) is 4.62. The first kappa shape index (κ1) is 16.9. The molecule has 0 unspecified atom stereocenters. The first-order valence-electron chi connectivity index (χ1n) is 7.07. The topological polar surface area (TPSA) is 44.7 Å². The molecule has 1 aromatic rings. The van der Waals surface area contributed by atoms with Gasteiger partial charge in [-0.3, -0.25) is 0 Å². The van der Waals surface area contributed by atoms with E-state index in [1.165, 1.54) is 6.07 Å². The fraction of sp³-hybridized carbons (Fsp3) is 0.600. The van der Waals surface area contributed by atoms with E-state index in [9.17, 15) is 4.39 Å². The van der Waals surface area contributed by atoms with E-state index in [1.54, 1.807) is 13.2 Å². The standard InChI is InChI=1S/C15H25FN2O2/c1-3-8-18(9-10-19)15-6-4-5-14(16)13(15)12-17-7-11-20-2/h4-6,17,19H,3,7-12H2,1-2H3. The predicted molar refractivity (Wildman–Crippen MR) is 79.6 cm³/mol. The number of rotatable bonds is 10. The Morgan fingerprint density at radius 1 is 1.35 bits per heavy atom. The maximum Gasteiger partial charge on any atom is 0.129 e. The van der Waals surface area contributed by atoms with Gasteiger partial charge in [0.2, 0.25) is 0 Å². The van der Waals surface area contributed by atoms with Crippen LogP contribution in [0.5, 0.6) is 0 Å². The Kier molecular flexibility index (Phi) is 8.18. The van der Waals surface area contributed by atoms with Crippen LogP contribution in [0.1, 0.15) is 18.9 Å². The van der Waals surface area contributed by atoms with Gasteiger partial charge >= 0.3 is 0 Å². The van der Waals surface area contributed by atoms with Gasteiger partial charge in [-0.1, -0.05) is 13.0 Å². The van der Waals surface area contributed by atoms with Crippen LogP contribution in [0.15, 0.2) is 18.2 Å². The van der Waals surface area contributed by atoms with Gasteiger partial charge in [0.15, 0.2) is 0 Å². The Morgan fingerprint density at radius 2 is 2.15 bits per heavy atom. The molecule has 114 valence electrons. The van der Waals surface area contributed by atoms with E-state index in [0.29, 0.717) is 31.8 Å². The zero-order chi connectivity index (χ0) is 14.8. The first-order valence-corrected chi connectivity index (χ1v) is 7.07. The summed E-state index contributed by atoms with van der Waals surface area (Å²) in [6.45, 7) is 5.18. The van der Waals surface area contributed by atoms with Crippen molar-refractivity contribution < 1.29 is 14.2 Å². The Hall–Kier alpha value is -1.17. The van der Waals surface area contributed by atoms with Crippen molar-refractivity contribution in [2.75, 3.05) is 44.9 Å². The number of hydrogen-bond acceptors (Lipinski definition) is 4. The maximum atomic E-state index is 14.0. The summed E-state index contributed by atoms with van der Waals surface area (Å²) in [6, 6.07) is 5.09. The number of ether oxygens (including phenoxy) is 1. The van der Waals surface area contributed by atoms with E-state index in [0.717, 1.165) is 18.7 Å². The number of nitrogens with zero attached hydrogens (tertiary/aromatic N) is 1. The lowest BCUT2D eigenvalue weighted by atomic mass is 10.1. The van der Waals surface area contributed by atoms with Crippen molar-refractivity contribution in [1.82, 2.24) is 5.32 Å². The molecule has 1 aromatic carbocycles. The molecule has 0 heterocycles. The van der Waals surface area contributed by atoms with Crippen molar-refractivity contribution in [3.05, 3.63) is 29.6 Å². The third-order valence-corrected chi connectivity index (χ3v) is 3.08. The lowest BCUT2D eigenvalue weighted by Crippen LogP contribution is -2.30. The normalized spacial score (nSPS) is 10.8. The molecule has 0 spiro atoms. The summed E-state index contributed by atoms with van der Waals surface area (Å²) in [6.07, 6.45) is 0.951. The van der Waals surface area contributed by atoms with E-state index < -0.39 is 0 Å². The highest BCUT2D eigenvalue weighted by atomic mass is 19.1. The third-order valence-electron chi connectivity index (χ3n) is 3.08. The number of aliphatic hydroxyl groups excluding tert-OH is 1. The molecule has 0 amide bonds. The second-order valence-corrected chi connectivity index (χ2v) is 4.62. The summed E-state index contributed by atoms with van der Waals surface area (Å²) < 4.78 is 19.0. The molecule has 1 rings (SSSR count). The quantitative estimate of drug-likeness (QED) is 0.643. The van der Waals surface area contributed by atoms with E-state index in [2.05, 4.69) is 12.2 Å². The smallest absolute Gasteiger partial charge is 0.129 e. The van der Waals surface area contributed by atoms with Crippen LogP contribution in [0.4, 0.5) is 10.1 Å². The van der Waals surface area contributed by atoms with E-state index >= 15 is 0 Å². The molecule has 0 atom stereocenters. The Balaban J connectivity index is 2.84. The van der Waals surface area contributed by atoms with Crippen LogP contribution in [0.2, 0.25) is 0 Å². The van der Waals surface area contributed by atoms with Crippen LogP contribution < -0.4 is 10.2 Å². The summed E-state index contributed by atoms with van der Waals surface area (Å²) in [5.41, 5.74) is 1.50. The Labute approximate surface area is 120 Å². The minimum atomic E-state index is -0.216. The van der Waals surface area contributed by atoms with Crippen molar-refractivity contribution in [3.8, 4) is 0 Å². The lowest BCUT2D eigenvalue weighted by molar-refractivity contribution is 0.199. The Bertz CT molecular complexity index is 382. The average molecular weight is 284 g/mol. The van der Waals surface area contributed by atoms with Crippen molar-refractivity contribution >= 4 is 5.69 Å². The van der Waals surface area contributed by atoms with Gasteiger partial charge < -0.3 is 20.1 Å². The summed E-state index contributed by atoms with van der Waals surface area (Å²) >= 11 is 0. The zero-order valence-electron chi connectivity index (χ0n) is 12.4. The highest BCUT2D eigenvalue weighted by molar-refractivity contribution is 5.54. The largest absolute Gasteiger partial charge is 0.395 e. The molecule has 4 nitrogen and oxygen atoms in total. The molecule has 5 heteroatoms. The second kappa shape index (κ2) is 9.69. The summed E-state index contributed by atoms with van der Waals surface area (Å²) in [5, 5.41) is 12.3. The highest BCUT2D eigenvalue weighted by Crippen LogP contribution is 2.23. The van der Waals surface area contributed by atoms with Crippen LogP contribution in [-0.2, 0) is 11.3 Å². The van der Waals surface area contributed by atoms with Crippen LogP contribution in [-0.4, -0.2) is 45.1 Å². The molecule has 0 saturated carbocycles. The molecule has 0 aliphatic rings. The van der Waals surface area contributed by atoms with Gasteiger partial charge in [-0.15, -0.1) is 0 Å². The van der Waals surface area contributed by atoms with Gasteiger partial charge in [0.05, 0.1) is 13.2 Å². The molecule has 0 aliphatic carbocycles. The molecule has 20 heavy (non-hydrogen) atoms. The number of hydrogen-bond donors (Lipinski definition) is 2. The minimum absolute atomic E-state index is 0.0626. The summed E-state index contributed by atoms with van der Waals surface area (Å²) in [7, 11) is 1.64. The molecule has 2 N–H and O–H groups in total. The summed E-state index contributed by atoms with van der Waals surface area (Å²) in [4.78, 5) is 2.02. The molecule has 0 bridgehead atoms. The molecule has 0 radical (unpaired) electrons. The van der Waals surface area contributed by atoms with Gasteiger partial charge in [0.25, 0.3) is 0 Å². The monoisotopic (exact) mass is 284 g/mol. The summed E-state index contributed by atoms with van der Waals surface area (Å²) in [5.74, 6) is -0.216. The van der Waals surface area contributed by atoms with E-state index in [1.807, 2.05) is 11.0 Å². The van der Waals surface area contributed by atoms with Gasteiger partial charge in [-0.05, 0) is 18.6 Å². The van der Waals surface area contributed by atoms with Crippen molar-refractivity contribution in [2.45, 2.75) is 19.9 Å². The fourth-order valence-corrected chi connectivity index (χ4v) is 2.15. The van der Waals surface area contributed by atoms with Crippen LogP contribution in [0, 0.1) is 5.82 Å². The fourth-order valence-electron chi connectivity index (χ4n) is 2.15. The van der Waals surface area contributed by atoms with Gasteiger partial charge in [0, 0.05) is 44.5 Å². The SMILES string of the molecule is CCCN(CCO)c1cccc(F)c1CNCCOC. The Morgan fingerprint density at radius 3 is 2.80 bits per heavy atom. The lowest BCUT2D eigenvalue weighted by Gasteiger charge is -2.26. The molecule has 0 aromatic heterocycles. The van der Waals surface area contributed by atoms with Crippen LogP contribution >= 0.6 is 0 Å². The number of benzene rings is 1. The van der Waals surface area contributed by atoms with Gasteiger partial charge in [-0.25, -0.2) is 4.39 Å². The van der Waals surface area contributed by atoms with E-state index in [4.69, 9.17) is 9.84 Å². The number of anilines is 1. The van der Waals surface area contributed by atoms with Gasteiger partial charge in [-0.2, -0.15) is 0 Å². The molecule has 0 saturated heterocycles. The number of halogens is 1. The number of nitrogens with one attached hydrogen (secondary N) is 1. The molecule has 0 fully saturated rings. The highest BCUT2D eigenvalue weighted by Gasteiger charge is 2.13. The predicted octanol–water partition coefficient (Wildman–Crippen LogP) is 1.77. The third kappa shape index (κ3) is 5.07. The average Bonchev–Trinajstić information content (AvgIpc) is 2.44. The van der Waals surface area contributed by atoms with Crippen LogP contribution in [0.3, 0.4) is 0 Å². The molecular weight excluding hydrogens is 259 g/mol. The molecular formula is C15H25FN2O2. The van der Waals surface area contributed by atoms with E-state index in [-0.39, 0.29) is 12.4 Å². The van der Waals surface area contributed by atoms with Gasteiger partial charge in [0.1, 0.15) is 5.82 Å². The minimum Gasteiger partial charge on any atom is -0.395 e. The van der Waals surface area contributed by atoms with Crippen LogP contribution in [0.25, 0.3) is 0 Å². The zero-order valence-corrected chi connectivity index (χ0v) is 12.4. The number of aliphatic hydroxyl groups is 1.